The molecular weight excluding hydrogens is 454 g/mol. The molecule has 2 heterocycles. The Bertz CT molecular complexity index is 1400. The van der Waals surface area contributed by atoms with Crippen molar-refractivity contribution in [1.82, 2.24) is 14.7 Å². The number of nitrogens with zero attached hydrogens (tertiary/aromatic N) is 3. The summed E-state index contributed by atoms with van der Waals surface area (Å²) in [4.78, 5) is 17.5. The number of aromatic nitrogens is 2. The zero-order valence-electron chi connectivity index (χ0n) is 20.3. The summed E-state index contributed by atoms with van der Waals surface area (Å²) in [6.07, 6.45) is 4.71. The van der Waals surface area contributed by atoms with E-state index < -0.39 is 0 Å². The third-order valence-corrected chi connectivity index (χ3v) is 5.78. The zero-order chi connectivity index (χ0) is 25.7. The molecule has 36 heavy (non-hydrogen) atoms. The number of carbonyl (C=O) groups is 1. The van der Waals surface area contributed by atoms with Crippen molar-refractivity contribution in [1.29, 1.82) is 5.26 Å². The number of benzene rings is 2. The average Bonchev–Trinajstić information content (AvgIpc) is 3.30. The van der Waals surface area contributed by atoms with E-state index >= 15 is 0 Å². The predicted octanol–water partition coefficient (Wildman–Crippen LogP) is 3.97. The van der Waals surface area contributed by atoms with Crippen LogP contribution in [0.15, 0.2) is 67.0 Å². The molecule has 8 heteroatoms. The zero-order valence-corrected chi connectivity index (χ0v) is 20.3. The van der Waals surface area contributed by atoms with E-state index in [2.05, 4.69) is 16.4 Å². The number of aliphatic hydroxyl groups excluding tert-OH is 1. The van der Waals surface area contributed by atoms with Crippen molar-refractivity contribution >= 4 is 17.2 Å². The van der Waals surface area contributed by atoms with E-state index in [9.17, 15) is 15.2 Å². The van der Waals surface area contributed by atoms with Gasteiger partial charge in [-0.3, -0.25) is 4.79 Å². The van der Waals surface area contributed by atoms with E-state index in [1.807, 2.05) is 67.0 Å². The predicted molar refractivity (Wildman–Crippen MR) is 139 cm³/mol. The molecule has 4 aromatic rings. The van der Waals surface area contributed by atoms with Crippen LogP contribution < -0.4 is 15.8 Å². The van der Waals surface area contributed by atoms with Gasteiger partial charge in [0, 0.05) is 36.2 Å². The smallest absolute Gasteiger partial charge is 0.251 e. The third-order valence-electron chi connectivity index (χ3n) is 5.78. The van der Waals surface area contributed by atoms with Crippen molar-refractivity contribution in [3.8, 4) is 23.1 Å². The summed E-state index contributed by atoms with van der Waals surface area (Å²) in [7, 11) is 0. The van der Waals surface area contributed by atoms with Gasteiger partial charge in [-0.15, -0.1) is 0 Å². The maximum absolute atomic E-state index is 12.9. The van der Waals surface area contributed by atoms with Crippen molar-refractivity contribution < 1.29 is 14.6 Å². The molecule has 4 N–H and O–H groups in total. The lowest BCUT2D eigenvalue weighted by molar-refractivity contribution is 0.0930. The number of nitrogens with one attached hydrogen (secondary N) is 1. The Morgan fingerprint density at radius 3 is 2.67 bits per heavy atom. The number of nitriles is 1. The van der Waals surface area contributed by atoms with Crippen molar-refractivity contribution in [3.05, 3.63) is 83.7 Å². The third kappa shape index (κ3) is 5.65. The summed E-state index contributed by atoms with van der Waals surface area (Å²) in [5, 5.41) is 22.0. The van der Waals surface area contributed by atoms with Gasteiger partial charge < -0.3 is 25.3 Å². The van der Waals surface area contributed by atoms with Gasteiger partial charge in [0.25, 0.3) is 5.91 Å². The second-order valence-corrected chi connectivity index (χ2v) is 8.89. The molecule has 0 saturated carbocycles. The minimum Gasteiger partial charge on any atom is -0.490 e. The van der Waals surface area contributed by atoms with E-state index in [1.165, 1.54) is 6.07 Å². The molecule has 0 spiro atoms. The van der Waals surface area contributed by atoms with E-state index in [1.54, 1.807) is 12.1 Å². The number of anilines is 1. The highest BCUT2D eigenvalue weighted by Gasteiger charge is 2.17. The Kier molecular flexibility index (Phi) is 7.52. The highest BCUT2D eigenvalue weighted by Crippen LogP contribution is 2.23. The molecule has 8 nitrogen and oxygen atoms in total. The quantitative estimate of drug-likeness (QED) is 0.331. The molecule has 0 aliphatic carbocycles. The van der Waals surface area contributed by atoms with Crippen molar-refractivity contribution in [2.45, 2.75) is 38.8 Å². The number of pyridine rings is 1. The summed E-state index contributed by atoms with van der Waals surface area (Å²) in [5.74, 6) is 0.143. The summed E-state index contributed by atoms with van der Waals surface area (Å²) in [6.45, 7) is 3.69. The van der Waals surface area contributed by atoms with Gasteiger partial charge in [-0.25, -0.2) is 4.98 Å². The second kappa shape index (κ2) is 10.9. The summed E-state index contributed by atoms with van der Waals surface area (Å²) >= 11 is 0. The largest absolute Gasteiger partial charge is 0.490 e. The van der Waals surface area contributed by atoms with E-state index in [0.717, 1.165) is 16.8 Å². The maximum Gasteiger partial charge on any atom is 0.251 e. The van der Waals surface area contributed by atoms with E-state index in [-0.39, 0.29) is 24.7 Å². The number of nitrogens with two attached hydrogens (primary N) is 1. The monoisotopic (exact) mass is 483 g/mol. The standard InChI is InChI=1S/C28H29N5O3/c1-18(2)36-26-10-9-21(15-22(26)16-29)28(35)31-23(11-13-34)14-19-5-7-20(8-6-19)25-17-33-12-3-4-24(30)27(33)32-25/h3-10,12,15,17-18,23,34H,11,13-14,30H2,1-2H3,(H,31,35)/t23-/m1/s1. The summed E-state index contributed by atoms with van der Waals surface area (Å²) in [6, 6.07) is 18.3. The molecule has 0 radical (unpaired) electrons. The van der Waals surface area contributed by atoms with Gasteiger partial charge >= 0.3 is 0 Å². The average molecular weight is 484 g/mol. The van der Waals surface area contributed by atoms with Gasteiger partial charge in [-0.05, 0) is 62.6 Å². The lowest BCUT2D eigenvalue weighted by Crippen LogP contribution is -2.37. The lowest BCUT2D eigenvalue weighted by Gasteiger charge is -2.19. The number of hydrogen-bond acceptors (Lipinski definition) is 6. The molecule has 1 atom stereocenters. The molecule has 0 aliphatic rings. The fraction of sp³-hybridized carbons (Fsp3) is 0.250. The first-order valence-corrected chi connectivity index (χ1v) is 11.8. The number of aliphatic hydroxyl groups is 1. The summed E-state index contributed by atoms with van der Waals surface area (Å²) < 4.78 is 7.53. The first kappa shape index (κ1) is 24.8. The van der Waals surface area contributed by atoms with Crippen LogP contribution in [0, 0.1) is 11.3 Å². The van der Waals surface area contributed by atoms with Crippen LogP contribution in [0.2, 0.25) is 0 Å². The summed E-state index contributed by atoms with van der Waals surface area (Å²) in [5.41, 5.74) is 10.8. The Balaban J connectivity index is 1.46. The Hall–Kier alpha value is -4.35. The van der Waals surface area contributed by atoms with Crippen LogP contribution in [-0.2, 0) is 6.42 Å². The Morgan fingerprint density at radius 1 is 1.22 bits per heavy atom. The number of fused-ring (bicyclic) bond motifs is 1. The molecule has 4 rings (SSSR count). The molecule has 184 valence electrons. The van der Waals surface area contributed by atoms with E-state index in [0.29, 0.717) is 41.1 Å². The van der Waals surface area contributed by atoms with Crippen molar-refractivity contribution in [2.75, 3.05) is 12.3 Å². The molecule has 2 aromatic heterocycles. The SMILES string of the molecule is CC(C)Oc1ccc(C(=O)N[C@H](CCO)Cc2ccc(-c3cn4cccc(N)c4n3)cc2)cc1C#N. The Morgan fingerprint density at radius 2 is 2.00 bits per heavy atom. The molecule has 0 fully saturated rings. The number of carbonyl (C=O) groups excluding carboxylic acids is 1. The highest BCUT2D eigenvalue weighted by atomic mass is 16.5. The fourth-order valence-electron chi connectivity index (χ4n) is 4.04. The van der Waals surface area contributed by atoms with Crippen LogP contribution in [0.4, 0.5) is 5.69 Å². The minimum atomic E-state index is -0.306. The molecule has 0 saturated heterocycles. The molecule has 0 unspecified atom stereocenters. The van der Waals surface area contributed by atoms with Gasteiger partial charge in [-0.1, -0.05) is 24.3 Å². The number of amides is 1. The topological polar surface area (TPSA) is 126 Å². The fourth-order valence-corrected chi connectivity index (χ4v) is 4.04. The van der Waals surface area contributed by atoms with Crippen LogP contribution in [0.25, 0.3) is 16.9 Å². The highest BCUT2D eigenvalue weighted by molar-refractivity contribution is 5.95. The minimum absolute atomic E-state index is 0.0592. The van der Waals surface area contributed by atoms with Crippen LogP contribution in [0.5, 0.6) is 5.75 Å². The number of nitrogen functional groups attached to an aromatic ring is 1. The lowest BCUT2D eigenvalue weighted by atomic mass is 10.0. The van der Waals surface area contributed by atoms with E-state index in [4.69, 9.17) is 10.5 Å². The molecule has 2 aromatic carbocycles. The van der Waals surface area contributed by atoms with Crippen LogP contribution in [-0.4, -0.2) is 39.2 Å². The maximum atomic E-state index is 12.9. The van der Waals surface area contributed by atoms with Gasteiger partial charge in [0.1, 0.15) is 11.8 Å². The van der Waals surface area contributed by atoms with Gasteiger partial charge in [0.2, 0.25) is 0 Å². The number of rotatable bonds is 9. The second-order valence-electron chi connectivity index (χ2n) is 8.89. The number of hydrogen-bond donors (Lipinski definition) is 3. The molecular formula is C28H29N5O3. The van der Waals surface area contributed by atoms with Crippen LogP contribution in [0.1, 0.15) is 41.8 Å². The molecule has 0 bridgehead atoms. The first-order valence-electron chi connectivity index (χ1n) is 11.8. The van der Waals surface area contributed by atoms with Gasteiger partial charge in [-0.2, -0.15) is 5.26 Å². The first-order chi connectivity index (χ1) is 17.4. The van der Waals surface area contributed by atoms with Crippen molar-refractivity contribution in [2.24, 2.45) is 0 Å². The molecule has 1 amide bonds. The Labute approximate surface area is 210 Å². The van der Waals surface area contributed by atoms with Crippen molar-refractivity contribution in [3.63, 3.8) is 0 Å². The van der Waals surface area contributed by atoms with Gasteiger partial charge in [0.05, 0.1) is 23.0 Å². The van der Waals surface area contributed by atoms with Crippen LogP contribution in [0.3, 0.4) is 0 Å². The number of ether oxygens (including phenoxy) is 1. The molecule has 0 aliphatic heterocycles. The van der Waals surface area contributed by atoms with Gasteiger partial charge in [0.15, 0.2) is 5.65 Å². The normalized spacial score (nSPS) is 11.9. The van der Waals surface area contributed by atoms with Crippen LogP contribution >= 0.6 is 0 Å². The number of imidazole rings is 1.